The zero-order chi connectivity index (χ0) is 13.0. The average molecular weight is 262 g/mol. The topological polar surface area (TPSA) is 50.7 Å². The Kier molecular flexibility index (Phi) is 4.25. The van der Waals surface area contributed by atoms with E-state index in [1.807, 2.05) is 24.6 Å². The van der Waals surface area contributed by atoms with Gasteiger partial charge in [0.2, 0.25) is 0 Å². The number of aryl methyl sites for hydroxylation is 1. The number of nitrogens with zero attached hydrogens (tertiary/aromatic N) is 3. The van der Waals surface area contributed by atoms with E-state index < -0.39 is 0 Å². The molecular weight excluding hydrogens is 244 g/mol. The standard InChI is InChI=1S/C13H18N4S/c1-9(2)13-16-10(3)8-11(17-13)14-5-4-12-15-6-7-18-12/h6-9H,4-5H2,1-3H3,(H,14,16,17). The number of aromatic nitrogens is 3. The van der Waals surface area contributed by atoms with Gasteiger partial charge in [0.1, 0.15) is 11.6 Å². The molecule has 0 saturated carbocycles. The Morgan fingerprint density at radius 1 is 1.33 bits per heavy atom. The Morgan fingerprint density at radius 2 is 2.17 bits per heavy atom. The second-order valence-electron chi connectivity index (χ2n) is 4.51. The van der Waals surface area contributed by atoms with Crippen molar-refractivity contribution in [1.29, 1.82) is 0 Å². The van der Waals surface area contributed by atoms with Crippen molar-refractivity contribution >= 4 is 17.2 Å². The number of nitrogens with one attached hydrogen (secondary N) is 1. The highest BCUT2D eigenvalue weighted by Crippen LogP contribution is 2.13. The Labute approximate surface area is 112 Å². The van der Waals surface area contributed by atoms with E-state index in [0.717, 1.165) is 35.3 Å². The van der Waals surface area contributed by atoms with Gasteiger partial charge in [0, 0.05) is 42.2 Å². The third kappa shape index (κ3) is 3.50. The quantitative estimate of drug-likeness (QED) is 0.900. The van der Waals surface area contributed by atoms with Crippen LogP contribution in [0.25, 0.3) is 0 Å². The molecule has 96 valence electrons. The van der Waals surface area contributed by atoms with E-state index in [1.165, 1.54) is 0 Å². The molecule has 0 aliphatic rings. The van der Waals surface area contributed by atoms with Crippen LogP contribution in [0.15, 0.2) is 17.6 Å². The van der Waals surface area contributed by atoms with Gasteiger partial charge in [-0.15, -0.1) is 11.3 Å². The molecule has 1 N–H and O–H groups in total. The van der Waals surface area contributed by atoms with E-state index in [1.54, 1.807) is 11.3 Å². The molecule has 4 nitrogen and oxygen atoms in total. The van der Waals surface area contributed by atoms with Crippen LogP contribution in [0, 0.1) is 6.92 Å². The Hall–Kier alpha value is -1.49. The monoisotopic (exact) mass is 262 g/mol. The van der Waals surface area contributed by atoms with E-state index in [4.69, 9.17) is 0 Å². The second-order valence-corrected chi connectivity index (χ2v) is 5.49. The number of hydrogen-bond acceptors (Lipinski definition) is 5. The highest BCUT2D eigenvalue weighted by atomic mass is 32.1. The summed E-state index contributed by atoms with van der Waals surface area (Å²) in [4.78, 5) is 13.2. The molecule has 0 unspecified atom stereocenters. The zero-order valence-electron chi connectivity index (χ0n) is 11.0. The third-order valence-corrected chi connectivity index (χ3v) is 3.36. The second kappa shape index (κ2) is 5.91. The van der Waals surface area contributed by atoms with E-state index in [0.29, 0.717) is 5.92 Å². The highest BCUT2D eigenvalue weighted by Gasteiger charge is 2.06. The van der Waals surface area contributed by atoms with Crippen molar-refractivity contribution in [2.75, 3.05) is 11.9 Å². The van der Waals surface area contributed by atoms with Gasteiger partial charge in [-0.3, -0.25) is 0 Å². The first-order valence-corrected chi connectivity index (χ1v) is 7.01. The molecule has 0 aromatic carbocycles. The summed E-state index contributed by atoms with van der Waals surface area (Å²) in [5, 5.41) is 6.49. The van der Waals surface area contributed by atoms with Gasteiger partial charge in [0.15, 0.2) is 0 Å². The van der Waals surface area contributed by atoms with Gasteiger partial charge >= 0.3 is 0 Å². The Morgan fingerprint density at radius 3 is 2.83 bits per heavy atom. The molecule has 0 saturated heterocycles. The molecule has 2 heterocycles. The van der Waals surface area contributed by atoms with Crippen LogP contribution in [0.1, 0.15) is 36.3 Å². The van der Waals surface area contributed by atoms with E-state index in [-0.39, 0.29) is 0 Å². The van der Waals surface area contributed by atoms with Crippen molar-refractivity contribution in [3.05, 3.63) is 34.2 Å². The number of rotatable bonds is 5. The predicted molar refractivity (Wildman–Crippen MR) is 75.2 cm³/mol. The molecule has 2 rings (SSSR count). The van der Waals surface area contributed by atoms with E-state index in [9.17, 15) is 0 Å². The Bertz CT molecular complexity index is 494. The number of anilines is 1. The van der Waals surface area contributed by atoms with Crippen LogP contribution >= 0.6 is 11.3 Å². The summed E-state index contributed by atoms with van der Waals surface area (Å²) in [7, 11) is 0. The highest BCUT2D eigenvalue weighted by molar-refractivity contribution is 7.09. The van der Waals surface area contributed by atoms with Gasteiger partial charge in [-0.2, -0.15) is 0 Å². The van der Waals surface area contributed by atoms with Gasteiger partial charge in [0.25, 0.3) is 0 Å². The van der Waals surface area contributed by atoms with Crippen LogP contribution in [-0.2, 0) is 6.42 Å². The molecule has 0 amide bonds. The lowest BCUT2D eigenvalue weighted by molar-refractivity contribution is 0.766. The molecule has 0 fully saturated rings. The van der Waals surface area contributed by atoms with Gasteiger partial charge < -0.3 is 5.32 Å². The summed E-state index contributed by atoms with van der Waals surface area (Å²) in [6.45, 7) is 7.06. The van der Waals surface area contributed by atoms with Crippen molar-refractivity contribution in [1.82, 2.24) is 15.0 Å². The normalized spacial score (nSPS) is 10.9. The van der Waals surface area contributed by atoms with Crippen LogP contribution in [0.2, 0.25) is 0 Å². The van der Waals surface area contributed by atoms with Gasteiger partial charge in [-0.1, -0.05) is 13.8 Å². The van der Waals surface area contributed by atoms with Crippen molar-refractivity contribution in [2.24, 2.45) is 0 Å². The first kappa shape index (κ1) is 13.0. The maximum atomic E-state index is 4.51. The largest absolute Gasteiger partial charge is 0.370 e. The molecule has 18 heavy (non-hydrogen) atoms. The first-order chi connectivity index (χ1) is 8.65. The van der Waals surface area contributed by atoms with Crippen molar-refractivity contribution in [2.45, 2.75) is 33.1 Å². The molecule has 0 spiro atoms. The van der Waals surface area contributed by atoms with E-state index >= 15 is 0 Å². The fourth-order valence-electron chi connectivity index (χ4n) is 1.61. The number of thiazole rings is 1. The van der Waals surface area contributed by atoms with Crippen LogP contribution in [0.5, 0.6) is 0 Å². The first-order valence-electron chi connectivity index (χ1n) is 6.13. The summed E-state index contributed by atoms with van der Waals surface area (Å²) >= 11 is 1.69. The Balaban J connectivity index is 1.96. The van der Waals surface area contributed by atoms with Crippen molar-refractivity contribution < 1.29 is 0 Å². The summed E-state index contributed by atoms with van der Waals surface area (Å²) in [6.07, 6.45) is 2.77. The van der Waals surface area contributed by atoms with Gasteiger partial charge in [-0.25, -0.2) is 15.0 Å². The lowest BCUT2D eigenvalue weighted by Gasteiger charge is -2.09. The van der Waals surface area contributed by atoms with Gasteiger partial charge in [-0.05, 0) is 6.92 Å². The molecule has 0 atom stereocenters. The molecule has 0 radical (unpaired) electrons. The molecule has 5 heteroatoms. The smallest absolute Gasteiger partial charge is 0.133 e. The van der Waals surface area contributed by atoms with Crippen LogP contribution in [0.3, 0.4) is 0 Å². The number of hydrogen-bond donors (Lipinski definition) is 1. The minimum atomic E-state index is 0.351. The molecular formula is C13H18N4S. The van der Waals surface area contributed by atoms with E-state index in [2.05, 4.69) is 34.1 Å². The minimum absolute atomic E-state index is 0.351. The minimum Gasteiger partial charge on any atom is -0.370 e. The SMILES string of the molecule is Cc1cc(NCCc2nccs2)nc(C(C)C)n1. The predicted octanol–water partition coefficient (Wildman–Crippen LogP) is 3.02. The lowest BCUT2D eigenvalue weighted by atomic mass is 10.2. The zero-order valence-corrected chi connectivity index (χ0v) is 11.8. The summed E-state index contributed by atoms with van der Waals surface area (Å²) in [6, 6.07) is 1.98. The molecule has 0 aliphatic carbocycles. The average Bonchev–Trinajstić information content (AvgIpc) is 2.81. The fourth-order valence-corrected chi connectivity index (χ4v) is 2.23. The summed E-state index contributed by atoms with van der Waals surface area (Å²) in [5.41, 5.74) is 1.01. The van der Waals surface area contributed by atoms with Crippen LogP contribution in [-0.4, -0.2) is 21.5 Å². The van der Waals surface area contributed by atoms with Crippen LogP contribution in [0.4, 0.5) is 5.82 Å². The maximum Gasteiger partial charge on any atom is 0.133 e. The van der Waals surface area contributed by atoms with Gasteiger partial charge in [0.05, 0.1) is 5.01 Å². The molecule has 2 aromatic heterocycles. The summed E-state index contributed by atoms with van der Waals surface area (Å²) < 4.78 is 0. The van der Waals surface area contributed by atoms with Crippen molar-refractivity contribution in [3.8, 4) is 0 Å². The molecule has 2 aromatic rings. The maximum absolute atomic E-state index is 4.51. The fraction of sp³-hybridized carbons (Fsp3) is 0.462. The summed E-state index contributed by atoms with van der Waals surface area (Å²) in [5.74, 6) is 2.15. The van der Waals surface area contributed by atoms with Crippen molar-refractivity contribution in [3.63, 3.8) is 0 Å². The van der Waals surface area contributed by atoms with Crippen LogP contribution < -0.4 is 5.32 Å². The molecule has 0 bridgehead atoms. The lowest BCUT2D eigenvalue weighted by Crippen LogP contribution is -2.09. The third-order valence-electron chi connectivity index (χ3n) is 2.52. The molecule has 0 aliphatic heterocycles.